The second-order valence-electron chi connectivity index (χ2n) is 7.78. The normalized spacial score (nSPS) is 14.3. The Hall–Kier alpha value is -4.11. The van der Waals surface area contributed by atoms with Crippen molar-refractivity contribution in [1.29, 1.82) is 0 Å². The van der Waals surface area contributed by atoms with E-state index < -0.39 is 17.7 Å². The number of benzene rings is 3. The van der Waals surface area contributed by atoms with Crippen LogP contribution in [-0.2, 0) is 4.79 Å². The maximum Gasteiger partial charge on any atom is 0.346 e. The molecular formula is C27H22FNO6S. The minimum atomic E-state index is -0.867. The predicted molar refractivity (Wildman–Crippen MR) is 134 cm³/mol. The molecule has 0 N–H and O–H groups in total. The number of halogens is 1. The second kappa shape index (κ2) is 11.1. The van der Waals surface area contributed by atoms with Gasteiger partial charge in [0.05, 0.1) is 24.1 Å². The monoisotopic (exact) mass is 507 g/mol. The molecule has 0 radical (unpaired) electrons. The first-order valence-corrected chi connectivity index (χ1v) is 11.8. The molecule has 0 atom stereocenters. The van der Waals surface area contributed by atoms with Gasteiger partial charge in [-0.3, -0.25) is 14.5 Å². The van der Waals surface area contributed by atoms with E-state index in [-0.39, 0.29) is 40.4 Å². The minimum Gasteiger partial charge on any atom is -0.493 e. The summed E-state index contributed by atoms with van der Waals surface area (Å²) in [5.74, 6) is -1.03. The Kier molecular flexibility index (Phi) is 7.70. The van der Waals surface area contributed by atoms with Crippen molar-refractivity contribution in [2.75, 3.05) is 20.3 Å². The summed E-state index contributed by atoms with van der Waals surface area (Å²) in [5, 5.41) is -0.388. The number of thioether (sulfide) groups is 1. The number of rotatable bonds is 8. The van der Waals surface area contributed by atoms with Gasteiger partial charge < -0.3 is 14.2 Å². The minimum absolute atomic E-state index is 0.0873. The molecule has 1 fully saturated rings. The van der Waals surface area contributed by atoms with E-state index in [0.717, 1.165) is 22.2 Å². The second-order valence-corrected chi connectivity index (χ2v) is 8.77. The summed E-state index contributed by atoms with van der Waals surface area (Å²) in [6.07, 6.45) is 1.55. The fraction of sp³-hybridized carbons (Fsp3) is 0.148. The molecule has 0 aliphatic carbocycles. The van der Waals surface area contributed by atoms with Crippen molar-refractivity contribution < 1.29 is 33.0 Å². The van der Waals surface area contributed by atoms with Crippen molar-refractivity contribution >= 4 is 35.0 Å². The molecule has 0 bridgehead atoms. The van der Waals surface area contributed by atoms with E-state index in [0.29, 0.717) is 11.3 Å². The lowest BCUT2D eigenvalue weighted by atomic mass is 10.1. The lowest BCUT2D eigenvalue weighted by molar-refractivity contribution is -0.123. The Morgan fingerprint density at radius 2 is 1.83 bits per heavy atom. The van der Waals surface area contributed by atoms with Gasteiger partial charge in [0, 0.05) is 0 Å². The molecule has 1 heterocycles. The molecule has 1 aliphatic rings. The number of esters is 1. The van der Waals surface area contributed by atoms with Gasteiger partial charge in [0.15, 0.2) is 11.5 Å². The molecule has 3 aromatic rings. The van der Waals surface area contributed by atoms with Gasteiger partial charge in [-0.25, -0.2) is 9.18 Å². The van der Waals surface area contributed by atoms with E-state index in [2.05, 4.69) is 0 Å². The van der Waals surface area contributed by atoms with Gasteiger partial charge in [-0.05, 0) is 72.3 Å². The first kappa shape index (κ1) is 25.0. The standard InChI is InChI=1S/C27H22FNO6S/c1-17-6-5-7-19(14-17)34-13-12-29-25(30)24(36-27(29)32)16-18-10-11-22(23(15-18)33-2)35-26(31)20-8-3-4-9-21(20)28/h3-11,14-16H,12-13H2,1-2H3/b24-16-. The SMILES string of the molecule is COc1cc(/C=C2\SC(=O)N(CCOc3cccc(C)c3)C2=O)ccc1OC(=O)c1ccccc1F. The van der Waals surface area contributed by atoms with Gasteiger partial charge >= 0.3 is 5.97 Å². The first-order valence-electron chi connectivity index (χ1n) is 11.0. The van der Waals surface area contributed by atoms with Crippen LogP contribution in [0, 0.1) is 12.7 Å². The summed E-state index contributed by atoms with van der Waals surface area (Å²) in [6.45, 7) is 2.23. The first-order chi connectivity index (χ1) is 17.4. The molecule has 4 rings (SSSR count). The molecule has 2 amide bonds. The highest BCUT2D eigenvalue weighted by molar-refractivity contribution is 8.18. The highest BCUT2D eigenvalue weighted by atomic mass is 32.2. The van der Waals surface area contributed by atoms with Crippen LogP contribution in [0.15, 0.2) is 71.6 Å². The molecule has 184 valence electrons. The molecule has 0 spiro atoms. The van der Waals surface area contributed by atoms with Crippen LogP contribution in [0.5, 0.6) is 17.2 Å². The molecule has 0 unspecified atom stereocenters. The van der Waals surface area contributed by atoms with E-state index in [4.69, 9.17) is 14.2 Å². The average Bonchev–Trinajstić information content (AvgIpc) is 3.12. The molecule has 36 heavy (non-hydrogen) atoms. The third-order valence-electron chi connectivity index (χ3n) is 5.23. The number of carbonyl (C=O) groups excluding carboxylic acids is 3. The molecule has 1 saturated heterocycles. The maximum absolute atomic E-state index is 13.9. The molecule has 0 aromatic heterocycles. The quantitative estimate of drug-likeness (QED) is 0.227. The zero-order chi connectivity index (χ0) is 25.7. The Bertz CT molecular complexity index is 1360. The average molecular weight is 508 g/mol. The summed E-state index contributed by atoms with van der Waals surface area (Å²) >= 11 is 0.828. The van der Waals surface area contributed by atoms with Crippen molar-refractivity contribution in [3.8, 4) is 17.2 Å². The number of aryl methyl sites for hydroxylation is 1. The Morgan fingerprint density at radius 3 is 2.58 bits per heavy atom. The lowest BCUT2D eigenvalue weighted by Crippen LogP contribution is -2.32. The number of carbonyl (C=O) groups is 3. The number of ether oxygens (including phenoxy) is 3. The van der Waals surface area contributed by atoms with Crippen LogP contribution in [0.25, 0.3) is 6.08 Å². The number of nitrogens with zero attached hydrogens (tertiary/aromatic N) is 1. The van der Waals surface area contributed by atoms with Gasteiger partial charge in [-0.1, -0.05) is 30.3 Å². The van der Waals surface area contributed by atoms with E-state index in [1.54, 1.807) is 18.2 Å². The number of hydrogen-bond donors (Lipinski definition) is 0. The molecule has 9 heteroatoms. The summed E-state index contributed by atoms with van der Waals surface area (Å²) in [4.78, 5) is 38.9. The predicted octanol–water partition coefficient (Wildman–Crippen LogP) is 5.48. The van der Waals surface area contributed by atoms with Crippen LogP contribution < -0.4 is 14.2 Å². The number of amides is 2. The number of imide groups is 1. The molecule has 3 aromatic carbocycles. The molecule has 1 aliphatic heterocycles. The van der Waals surface area contributed by atoms with E-state index >= 15 is 0 Å². The van der Waals surface area contributed by atoms with Crippen LogP contribution in [0.3, 0.4) is 0 Å². The van der Waals surface area contributed by atoms with E-state index in [1.165, 1.54) is 37.4 Å². The summed E-state index contributed by atoms with van der Waals surface area (Å²) < 4.78 is 30.1. The van der Waals surface area contributed by atoms with Crippen LogP contribution in [-0.4, -0.2) is 42.3 Å². The van der Waals surface area contributed by atoms with E-state index in [9.17, 15) is 18.8 Å². The highest BCUT2D eigenvalue weighted by Gasteiger charge is 2.34. The zero-order valence-electron chi connectivity index (χ0n) is 19.5. The lowest BCUT2D eigenvalue weighted by Gasteiger charge is -2.13. The van der Waals surface area contributed by atoms with Gasteiger partial charge in [0.1, 0.15) is 18.2 Å². The summed E-state index contributed by atoms with van der Waals surface area (Å²) in [6, 6.07) is 17.6. The smallest absolute Gasteiger partial charge is 0.346 e. The highest BCUT2D eigenvalue weighted by Crippen LogP contribution is 2.34. The fourth-order valence-electron chi connectivity index (χ4n) is 3.44. The van der Waals surface area contributed by atoms with Crippen molar-refractivity contribution in [2.24, 2.45) is 0 Å². The Balaban J connectivity index is 1.43. The summed E-state index contributed by atoms with van der Waals surface area (Å²) in [5.41, 5.74) is 1.40. The maximum atomic E-state index is 13.9. The van der Waals surface area contributed by atoms with Gasteiger partial charge in [-0.2, -0.15) is 0 Å². The Labute approximate surface area is 211 Å². The van der Waals surface area contributed by atoms with Crippen LogP contribution >= 0.6 is 11.8 Å². The molecule has 0 saturated carbocycles. The van der Waals surface area contributed by atoms with E-state index in [1.807, 2.05) is 31.2 Å². The van der Waals surface area contributed by atoms with Crippen molar-refractivity contribution in [2.45, 2.75) is 6.92 Å². The number of methoxy groups -OCH3 is 1. The topological polar surface area (TPSA) is 82.1 Å². The molecule has 7 nitrogen and oxygen atoms in total. The van der Waals surface area contributed by atoms with Crippen molar-refractivity contribution in [3.63, 3.8) is 0 Å². The number of hydrogen-bond acceptors (Lipinski definition) is 7. The van der Waals surface area contributed by atoms with Crippen molar-refractivity contribution in [3.05, 3.63) is 94.1 Å². The zero-order valence-corrected chi connectivity index (χ0v) is 20.3. The molecular weight excluding hydrogens is 485 g/mol. The van der Waals surface area contributed by atoms with Crippen molar-refractivity contribution in [1.82, 2.24) is 4.90 Å². The third-order valence-corrected chi connectivity index (χ3v) is 6.14. The van der Waals surface area contributed by atoms with Gasteiger partial charge in [0.25, 0.3) is 11.1 Å². The van der Waals surface area contributed by atoms with Gasteiger partial charge in [0.2, 0.25) is 0 Å². The van der Waals surface area contributed by atoms with Gasteiger partial charge in [-0.15, -0.1) is 0 Å². The van der Waals surface area contributed by atoms with Crippen LogP contribution in [0.1, 0.15) is 21.5 Å². The summed E-state index contributed by atoms with van der Waals surface area (Å²) in [7, 11) is 1.39. The fourth-order valence-corrected chi connectivity index (χ4v) is 4.31. The largest absolute Gasteiger partial charge is 0.493 e. The Morgan fingerprint density at radius 1 is 1.03 bits per heavy atom. The van der Waals surface area contributed by atoms with Crippen LogP contribution in [0.4, 0.5) is 9.18 Å². The third kappa shape index (κ3) is 5.75. The van der Waals surface area contributed by atoms with Crippen LogP contribution in [0.2, 0.25) is 0 Å².